The molecule has 0 fully saturated rings. The molecule has 180 valence electrons. The lowest BCUT2D eigenvalue weighted by atomic mass is 10.1. The molecule has 8 heteroatoms. The van der Waals surface area contributed by atoms with Gasteiger partial charge in [0.15, 0.2) is 5.11 Å². The lowest BCUT2D eigenvalue weighted by Crippen LogP contribution is -2.35. The van der Waals surface area contributed by atoms with Gasteiger partial charge >= 0.3 is 0 Å². The molecule has 4 rings (SSSR count). The number of hydrogen-bond acceptors (Lipinski definition) is 4. The van der Waals surface area contributed by atoms with E-state index in [0.717, 1.165) is 16.9 Å². The number of nitrogens with one attached hydrogen (secondary N) is 4. The fourth-order valence-electron chi connectivity index (χ4n) is 3.43. The molecular weight excluding hydrogens is 492 g/mol. The van der Waals surface area contributed by atoms with Crippen LogP contribution in [0.3, 0.4) is 0 Å². The summed E-state index contributed by atoms with van der Waals surface area (Å²) < 4.78 is 0. The van der Waals surface area contributed by atoms with Gasteiger partial charge in [-0.25, -0.2) is 0 Å². The molecule has 4 N–H and O–H groups in total. The zero-order chi connectivity index (χ0) is 25.3. The van der Waals surface area contributed by atoms with Crippen molar-refractivity contribution < 1.29 is 9.59 Å². The first-order valence-corrected chi connectivity index (χ1v) is 11.9. The van der Waals surface area contributed by atoms with Gasteiger partial charge in [-0.05, 0) is 78.4 Å². The molecular formula is C28H23ClN4O2S. The van der Waals surface area contributed by atoms with Gasteiger partial charge in [-0.15, -0.1) is 0 Å². The molecule has 0 atom stereocenters. The van der Waals surface area contributed by atoms with Crippen molar-refractivity contribution >= 4 is 63.5 Å². The average molecular weight is 515 g/mol. The maximum atomic E-state index is 13.0. The molecule has 0 saturated carbocycles. The van der Waals surface area contributed by atoms with Crippen LogP contribution in [-0.2, 0) is 11.2 Å². The molecule has 0 aliphatic carbocycles. The minimum absolute atomic E-state index is 0.102. The summed E-state index contributed by atoms with van der Waals surface area (Å²) in [6, 6.07) is 31.2. The molecule has 4 aromatic rings. The fraction of sp³-hybridized carbons (Fsp3) is 0.0357. The van der Waals surface area contributed by atoms with Crippen molar-refractivity contribution in [3.63, 3.8) is 0 Å². The van der Waals surface area contributed by atoms with Crippen LogP contribution in [0.15, 0.2) is 103 Å². The van der Waals surface area contributed by atoms with Gasteiger partial charge in [-0.1, -0.05) is 54.1 Å². The molecule has 0 unspecified atom stereocenters. The Labute approximate surface area is 219 Å². The highest BCUT2D eigenvalue weighted by molar-refractivity contribution is 7.80. The molecule has 2 amide bonds. The Balaban J connectivity index is 1.35. The van der Waals surface area contributed by atoms with Gasteiger partial charge < -0.3 is 21.3 Å². The number of hydrogen-bond donors (Lipinski definition) is 4. The van der Waals surface area contributed by atoms with E-state index in [9.17, 15) is 9.59 Å². The van der Waals surface area contributed by atoms with Crippen molar-refractivity contribution in [2.75, 3.05) is 16.0 Å². The average Bonchev–Trinajstić information content (AvgIpc) is 2.87. The molecule has 0 heterocycles. The predicted octanol–water partition coefficient (Wildman–Crippen LogP) is 6.39. The second kappa shape index (κ2) is 12.0. The van der Waals surface area contributed by atoms with Crippen LogP contribution in [0.5, 0.6) is 0 Å². The summed E-state index contributed by atoms with van der Waals surface area (Å²) in [4.78, 5) is 25.3. The summed E-state index contributed by atoms with van der Waals surface area (Å²) in [5, 5.41) is 12.5. The zero-order valence-electron chi connectivity index (χ0n) is 19.1. The molecule has 0 bridgehead atoms. The second-order valence-corrected chi connectivity index (χ2v) is 8.72. The Hall–Kier alpha value is -4.20. The van der Waals surface area contributed by atoms with Gasteiger partial charge in [-0.2, -0.15) is 0 Å². The first kappa shape index (κ1) is 24.9. The van der Waals surface area contributed by atoms with Gasteiger partial charge in [0, 0.05) is 22.1 Å². The first-order chi connectivity index (χ1) is 17.5. The maximum Gasteiger partial charge on any atom is 0.257 e. The van der Waals surface area contributed by atoms with E-state index in [-0.39, 0.29) is 23.3 Å². The van der Waals surface area contributed by atoms with Gasteiger partial charge in [-0.3, -0.25) is 9.59 Å². The molecule has 0 aliphatic heterocycles. The Kier molecular flexibility index (Phi) is 8.28. The first-order valence-electron chi connectivity index (χ1n) is 11.1. The second-order valence-electron chi connectivity index (χ2n) is 7.87. The smallest absolute Gasteiger partial charge is 0.257 e. The lowest BCUT2D eigenvalue weighted by Gasteiger charge is -2.14. The SMILES string of the molecule is O=C(Cc1ccc(Cl)cc1)NC(=S)Nc1ccccc1C(=O)Nc1ccc(Nc2ccccc2)cc1. The standard InChI is InChI=1S/C28H23ClN4O2S/c29-20-12-10-19(11-13-20)18-26(34)33-28(36)32-25-9-5-4-8-24(25)27(35)31-23-16-14-22(15-17-23)30-21-6-2-1-3-7-21/h1-17,30H,18H2,(H,31,35)(H2,32,33,34,36). The van der Waals surface area contributed by atoms with Crippen LogP contribution in [0.25, 0.3) is 0 Å². The number of anilines is 4. The quantitative estimate of drug-likeness (QED) is 0.215. The van der Waals surface area contributed by atoms with Crippen LogP contribution in [0.4, 0.5) is 22.7 Å². The van der Waals surface area contributed by atoms with E-state index in [2.05, 4.69) is 21.3 Å². The van der Waals surface area contributed by atoms with Crippen LogP contribution in [0.1, 0.15) is 15.9 Å². The molecule has 0 aliphatic rings. The summed E-state index contributed by atoms with van der Waals surface area (Å²) in [7, 11) is 0. The highest BCUT2D eigenvalue weighted by Crippen LogP contribution is 2.21. The van der Waals surface area contributed by atoms with E-state index < -0.39 is 0 Å². The number of carbonyl (C=O) groups is 2. The van der Waals surface area contributed by atoms with Gasteiger partial charge in [0.1, 0.15) is 0 Å². The van der Waals surface area contributed by atoms with E-state index >= 15 is 0 Å². The van der Waals surface area contributed by atoms with Crippen molar-refractivity contribution in [2.45, 2.75) is 6.42 Å². The monoisotopic (exact) mass is 514 g/mol. The Morgan fingerprint density at radius 3 is 2.03 bits per heavy atom. The molecule has 4 aromatic carbocycles. The molecule has 0 saturated heterocycles. The third-order valence-corrected chi connectivity index (χ3v) is 5.61. The summed E-state index contributed by atoms with van der Waals surface area (Å²) in [5.41, 5.74) is 4.20. The fourth-order valence-corrected chi connectivity index (χ4v) is 3.78. The Morgan fingerprint density at radius 1 is 0.694 bits per heavy atom. The largest absolute Gasteiger partial charge is 0.356 e. The van der Waals surface area contributed by atoms with E-state index in [1.54, 1.807) is 48.5 Å². The normalized spacial score (nSPS) is 10.2. The third kappa shape index (κ3) is 7.15. The van der Waals surface area contributed by atoms with Crippen LogP contribution in [0.2, 0.25) is 5.02 Å². The van der Waals surface area contributed by atoms with E-state index in [1.165, 1.54) is 0 Å². The number of benzene rings is 4. The zero-order valence-corrected chi connectivity index (χ0v) is 20.7. The number of amides is 2. The highest BCUT2D eigenvalue weighted by atomic mass is 35.5. The number of carbonyl (C=O) groups excluding carboxylic acids is 2. The highest BCUT2D eigenvalue weighted by Gasteiger charge is 2.14. The number of halogens is 1. The van der Waals surface area contributed by atoms with Crippen LogP contribution < -0.4 is 21.3 Å². The summed E-state index contributed by atoms with van der Waals surface area (Å²) in [6.07, 6.45) is 0.149. The Bertz CT molecular complexity index is 1360. The molecule has 0 spiro atoms. The van der Waals surface area contributed by atoms with Crippen LogP contribution in [0, 0.1) is 0 Å². The molecule has 0 aromatic heterocycles. The van der Waals surface area contributed by atoms with Crippen molar-refractivity contribution in [2.24, 2.45) is 0 Å². The van der Waals surface area contributed by atoms with Crippen molar-refractivity contribution in [1.82, 2.24) is 5.32 Å². The van der Waals surface area contributed by atoms with Crippen LogP contribution >= 0.6 is 23.8 Å². The predicted molar refractivity (Wildman–Crippen MR) is 150 cm³/mol. The number of rotatable bonds is 7. The van der Waals surface area contributed by atoms with Crippen molar-refractivity contribution in [1.29, 1.82) is 0 Å². The van der Waals surface area contributed by atoms with E-state index in [0.29, 0.717) is 22.0 Å². The maximum absolute atomic E-state index is 13.0. The Morgan fingerprint density at radius 2 is 1.31 bits per heavy atom. The number of thiocarbonyl (C=S) groups is 1. The number of para-hydroxylation sites is 2. The van der Waals surface area contributed by atoms with Crippen molar-refractivity contribution in [3.05, 3.63) is 119 Å². The summed E-state index contributed by atoms with van der Waals surface area (Å²) >= 11 is 11.2. The van der Waals surface area contributed by atoms with Gasteiger partial charge in [0.2, 0.25) is 5.91 Å². The van der Waals surface area contributed by atoms with E-state index in [1.807, 2.05) is 54.6 Å². The minimum Gasteiger partial charge on any atom is -0.356 e. The van der Waals surface area contributed by atoms with Gasteiger partial charge in [0.05, 0.1) is 17.7 Å². The molecule has 36 heavy (non-hydrogen) atoms. The lowest BCUT2D eigenvalue weighted by molar-refractivity contribution is -0.119. The topological polar surface area (TPSA) is 82.3 Å². The molecule has 6 nitrogen and oxygen atoms in total. The summed E-state index contributed by atoms with van der Waals surface area (Å²) in [5.74, 6) is -0.585. The van der Waals surface area contributed by atoms with E-state index in [4.69, 9.17) is 23.8 Å². The third-order valence-electron chi connectivity index (χ3n) is 5.16. The molecule has 0 radical (unpaired) electrons. The van der Waals surface area contributed by atoms with Crippen molar-refractivity contribution in [3.8, 4) is 0 Å². The van der Waals surface area contributed by atoms with Crippen LogP contribution in [-0.4, -0.2) is 16.9 Å². The van der Waals surface area contributed by atoms with Gasteiger partial charge in [0.25, 0.3) is 5.91 Å². The summed E-state index contributed by atoms with van der Waals surface area (Å²) in [6.45, 7) is 0. The minimum atomic E-state index is -0.308.